The van der Waals surface area contributed by atoms with Crippen LogP contribution in [-0.2, 0) is 9.53 Å². The Hall–Kier alpha value is -2.29. The Morgan fingerprint density at radius 2 is 1.18 bits per heavy atom. The maximum absolute atomic E-state index is 12.2. The summed E-state index contributed by atoms with van der Waals surface area (Å²) in [4.78, 5) is 12.2. The lowest BCUT2D eigenvalue weighted by Crippen LogP contribution is -2.08. The van der Waals surface area contributed by atoms with Gasteiger partial charge in [-0.3, -0.25) is 4.79 Å². The van der Waals surface area contributed by atoms with Gasteiger partial charge < -0.3 is 9.47 Å². The number of hydrogen-bond donors (Lipinski definition) is 0. The van der Waals surface area contributed by atoms with Crippen LogP contribution in [0.1, 0.15) is 116 Å². The van der Waals surface area contributed by atoms with Crippen LogP contribution < -0.4 is 4.74 Å². The number of benzene rings is 2. The number of hydrogen-bond acceptors (Lipinski definition) is 3. The molecule has 0 fully saturated rings. The van der Waals surface area contributed by atoms with Gasteiger partial charge in [-0.05, 0) is 48.6 Å². The molecule has 0 aromatic heterocycles. The van der Waals surface area contributed by atoms with E-state index in [1.54, 1.807) is 0 Å². The van der Waals surface area contributed by atoms with Crippen molar-refractivity contribution in [1.82, 2.24) is 0 Å². The highest BCUT2D eigenvalue weighted by Crippen LogP contribution is 2.26. The van der Waals surface area contributed by atoms with Crippen molar-refractivity contribution in [2.75, 3.05) is 6.61 Å². The Labute approximate surface area is 208 Å². The van der Waals surface area contributed by atoms with Gasteiger partial charge in [0.25, 0.3) is 0 Å². The van der Waals surface area contributed by atoms with Crippen LogP contribution in [0.5, 0.6) is 5.75 Å². The first kappa shape index (κ1) is 28.0. The summed E-state index contributed by atoms with van der Waals surface area (Å²) < 4.78 is 11.3. The minimum absolute atomic E-state index is 0.0878. The molecule has 0 aliphatic heterocycles. The molecular formula is C31H46O3. The third-order valence-electron chi connectivity index (χ3n) is 6.33. The fraction of sp³-hybridized carbons (Fsp3) is 0.581. The molecule has 34 heavy (non-hydrogen) atoms. The molecule has 0 amide bonds. The second-order valence-electron chi connectivity index (χ2n) is 9.41. The van der Waals surface area contributed by atoms with Crippen LogP contribution in [0.25, 0.3) is 11.1 Å². The number of esters is 1. The van der Waals surface area contributed by atoms with E-state index in [4.69, 9.17) is 9.47 Å². The van der Waals surface area contributed by atoms with E-state index in [1.165, 1.54) is 57.8 Å². The lowest BCUT2D eigenvalue weighted by Gasteiger charge is -2.14. The van der Waals surface area contributed by atoms with E-state index in [0.717, 1.165) is 48.3 Å². The van der Waals surface area contributed by atoms with Crippen LogP contribution in [-0.4, -0.2) is 12.6 Å². The third-order valence-corrected chi connectivity index (χ3v) is 6.33. The first-order chi connectivity index (χ1) is 16.6. The molecule has 3 heteroatoms. The smallest absolute Gasteiger partial charge is 0.306 e. The number of rotatable bonds is 18. The third kappa shape index (κ3) is 11.2. The van der Waals surface area contributed by atoms with Crippen LogP contribution in [0.4, 0.5) is 0 Å². The first-order valence-electron chi connectivity index (χ1n) is 13.7. The lowest BCUT2D eigenvalue weighted by atomic mass is 10.0. The average Bonchev–Trinajstić information content (AvgIpc) is 2.86. The zero-order valence-corrected chi connectivity index (χ0v) is 21.8. The largest absolute Gasteiger partial charge is 0.494 e. The molecule has 0 spiro atoms. The van der Waals surface area contributed by atoms with E-state index in [-0.39, 0.29) is 12.1 Å². The van der Waals surface area contributed by atoms with Crippen molar-refractivity contribution in [2.24, 2.45) is 0 Å². The maximum Gasteiger partial charge on any atom is 0.306 e. The summed E-state index contributed by atoms with van der Waals surface area (Å²) in [6, 6.07) is 16.5. The van der Waals surface area contributed by atoms with Gasteiger partial charge in [-0.25, -0.2) is 0 Å². The van der Waals surface area contributed by atoms with Gasteiger partial charge >= 0.3 is 5.97 Å². The first-order valence-corrected chi connectivity index (χ1v) is 13.7. The van der Waals surface area contributed by atoms with Gasteiger partial charge in [0.05, 0.1) is 6.61 Å². The monoisotopic (exact) mass is 466 g/mol. The predicted molar refractivity (Wildman–Crippen MR) is 143 cm³/mol. The highest BCUT2D eigenvalue weighted by atomic mass is 16.5. The molecule has 0 bridgehead atoms. The second-order valence-corrected chi connectivity index (χ2v) is 9.41. The van der Waals surface area contributed by atoms with Crippen molar-refractivity contribution < 1.29 is 14.3 Å². The molecular weight excluding hydrogens is 420 g/mol. The highest BCUT2D eigenvalue weighted by molar-refractivity contribution is 5.69. The minimum Gasteiger partial charge on any atom is -0.494 e. The summed E-state index contributed by atoms with van der Waals surface area (Å²) in [6.45, 7) is 7.06. The zero-order valence-electron chi connectivity index (χ0n) is 21.8. The van der Waals surface area contributed by atoms with Crippen LogP contribution in [0.2, 0.25) is 0 Å². The normalized spacial score (nSPS) is 11.9. The Morgan fingerprint density at radius 1 is 0.676 bits per heavy atom. The molecule has 0 radical (unpaired) electrons. The van der Waals surface area contributed by atoms with Gasteiger partial charge in [0, 0.05) is 6.42 Å². The van der Waals surface area contributed by atoms with Crippen LogP contribution in [0.3, 0.4) is 0 Å². The van der Waals surface area contributed by atoms with Gasteiger partial charge in [0.2, 0.25) is 0 Å². The highest BCUT2D eigenvalue weighted by Gasteiger charge is 2.12. The Kier molecular flexibility index (Phi) is 14.1. The Morgan fingerprint density at radius 3 is 1.71 bits per heavy atom. The summed E-state index contributed by atoms with van der Waals surface area (Å²) >= 11 is 0. The maximum atomic E-state index is 12.2. The summed E-state index contributed by atoms with van der Waals surface area (Å²) in [6.07, 6.45) is 15.4. The van der Waals surface area contributed by atoms with Gasteiger partial charge in [-0.2, -0.15) is 0 Å². The predicted octanol–water partition coefficient (Wildman–Crippen LogP) is 9.45. The van der Waals surface area contributed by atoms with E-state index < -0.39 is 0 Å². The van der Waals surface area contributed by atoms with Crippen molar-refractivity contribution in [3.63, 3.8) is 0 Å². The summed E-state index contributed by atoms with van der Waals surface area (Å²) in [5, 5.41) is 0. The molecule has 1 atom stereocenters. The van der Waals surface area contributed by atoms with E-state index in [1.807, 2.05) is 19.1 Å². The van der Waals surface area contributed by atoms with Gasteiger partial charge in [-0.15, -0.1) is 0 Å². The van der Waals surface area contributed by atoms with Gasteiger partial charge in [0.15, 0.2) is 0 Å². The molecule has 188 valence electrons. The molecule has 0 aliphatic rings. The summed E-state index contributed by atoms with van der Waals surface area (Å²) in [5.74, 6) is 0.815. The number of carbonyl (C=O) groups excluding carboxylic acids is 1. The van der Waals surface area contributed by atoms with E-state index in [0.29, 0.717) is 6.42 Å². The van der Waals surface area contributed by atoms with Gasteiger partial charge in [0.1, 0.15) is 11.9 Å². The lowest BCUT2D eigenvalue weighted by molar-refractivity contribution is -0.148. The molecule has 3 nitrogen and oxygen atoms in total. The van der Waals surface area contributed by atoms with Crippen molar-refractivity contribution in [3.05, 3.63) is 54.1 Å². The van der Waals surface area contributed by atoms with E-state index in [2.05, 4.69) is 50.2 Å². The number of unbranched alkanes of at least 4 members (excludes halogenated alkanes) is 10. The Balaban J connectivity index is 1.62. The van der Waals surface area contributed by atoms with E-state index >= 15 is 0 Å². The molecule has 0 aliphatic carbocycles. The number of ether oxygens (including phenoxy) is 2. The van der Waals surface area contributed by atoms with Crippen molar-refractivity contribution in [1.29, 1.82) is 0 Å². The molecule has 0 N–H and O–H groups in total. The van der Waals surface area contributed by atoms with Crippen molar-refractivity contribution in [2.45, 2.75) is 110 Å². The zero-order chi connectivity index (χ0) is 24.4. The quantitative estimate of drug-likeness (QED) is 0.162. The molecule has 2 aromatic carbocycles. The molecule has 0 saturated heterocycles. The minimum atomic E-state index is -0.223. The SMILES string of the molecule is CCCCCCCCCCCCCC(=O)OC(C)c1ccc(-c2ccc(OCCC)cc2)cc1. The van der Waals surface area contributed by atoms with E-state index in [9.17, 15) is 4.79 Å². The summed E-state index contributed by atoms with van der Waals surface area (Å²) in [5.41, 5.74) is 3.32. The second kappa shape index (κ2) is 17.2. The standard InChI is InChI=1S/C31H46O3/c1-4-6-7-8-9-10-11-12-13-14-15-16-31(32)34-26(3)27-17-19-28(20-18-27)29-21-23-30(24-22-29)33-25-5-2/h17-24,26H,4-16,25H2,1-3H3. The van der Waals surface area contributed by atoms with Gasteiger partial charge in [-0.1, -0.05) is 114 Å². The Bertz CT molecular complexity index is 779. The topological polar surface area (TPSA) is 35.5 Å². The average molecular weight is 467 g/mol. The number of carbonyl (C=O) groups is 1. The molecule has 1 unspecified atom stereocenters. The van der Waals surface area contributed by atoms with Crippen molar-refractivity contribution in [3.8, 4) is 16.9 Å². The molecule has 2 aromatic rings. The van der Waals surface area contributed by atoms with Crippen LogP contribution in [0.15, 0.2) is 48.5 Å². The van der Waals surface area contributed by atoms with Crippen LogP contribution >= 0.6 is 0 Å². The van der Waals surface area contributed by atoms with Crippen LogP contribution in [0, 0.1) is 0 Å². The molecule has 0 heterocycles. The molecule has 0 saturated carbocycles. The van der Waals surface area contributed by atoms with Crippen molar-refractivity contribution >= 4 is 5.97 Å². The molecule has 2 rings (SSSR count). The fourth-order valence-corrected chi connectivity index (χ4v) is 4.17. The fourth-order valence-electron chi connectivity index (χ4n) is 4.17. The summed E-state index contributed by atoms with van der Waals surface area (Å²) in [7, 11) is 0.